The Bertz CT molecular complexity index is 698. The fraction of sp³-hybridized carbons (Fsp3) is 0.571. The molecule has 0 unspecified atom stereocenters. The van der Waals surface area contributed by atoms with Crippen LogP contribution < -0.4 is 5.32 Å². The summed E-state index contributed by atoms with van der Waals surface area (Å²) in [7, 11) is 1.67. The second-order valence-corrected chi connectivity index (χ2v) is 9.36. The van der Waals surface area contributed by atoms with E-state index < -0.39 is 0 Å². The van der Waals surface area contributed by atoms with Gasteiger partial charge in [0.05, 0.1) is 18.8 Å². The molecule has 160 valence electrons. The van der Waals surface area contributed by atoms with Gasteiger partial charge < -0.3 is 15.1 Å². The average Bonchev–Trinajstić information content (AvgIpc) is 2.65. The zero-order valence-corrected chi connectivity index (χ0v) is 18.6. The lowest BCUT2D eigenvalue weighted by molar-refractivity contribution is -0.139. The van der Waals surface area contributed by atoms with Crippen LogP contribution in [-0.4, -0.2) is 90.0 Å². The SMILES string of the molecule is CN(CC(=O)N1CCN(CC(=O)NC(C)(C)C)CC1)C(=O)CSc1ccccc1. The topological polar surface area (TPSA) is 73.0 Å². The predicted molar refractivity (Wildman–Crippen MR) is 116 cm³/mol. The Morgan fingerprint density at radius 1 is 1.07 bits per heavy atom. The molecule has 1 aliphatic heterocycles. The van der Waals surface area contributed by atoms with Crippen LogP contribution in [0.4, 0.5) is 0 Å². The molecular formula is C21H32N4O3S. The van der Waals surface area contributed by atoms with E-state index in [0.717, 1.165) is 4.90 Å². The van der Waals surface area contributed by atoms with Crippen molar-refractivity contribution in [3.8, 4) is 0 Å². The molecule has 0 radical (unpaired) electrons. The Morgan fingerprint density at radius 2 is 1.69 bits per heavy atom. The van der Waals surface area contributed by atoms with Gasteiger partial charge >= 0.3 is 0 Å². The maximum absolute atomic E-state index is 12.5. The number of piperazine rings is 1. The van der Waals surface area contributed by atoms with Crippen molar-refractivity contribution < 1.29 is 14.4 Å². The van der Waals surface area contributed by atoms with E-state index in [4.69, 9.17) is 0 Å². The van der Waals surface area contributed by atoms with Gasteiger partial charge in [0, 0.05) is 43.7 Å². The lowest BCUT2D eigenvalue weighted by Gasteiger charge is -2.35. The fourth-order valence-electron chi connectivity index (χ4n) is 2.98. The van der Waals surface area contributed by atoms with E-state index in [2.05, 4.69) is 10.2 Å². The molecule has 0 aliphatic carbocycles. The van der Waals surface area contributed by atoms with Crippen LogP contribution in [0.5, 0.6) is 0 Å². The first-order valence-corrected chi connectivity index (χ1v) is 10.9. The summed E-state index contributed by atoms with van der Waals surface area (Å²) in [6.45, 7) is 8.75. The molecule has 0 bridgehead atoms. The smallest absolute Gasteiger partial charge is 0.242 e. The third-order valence-corrected chi connectivity index (χ3v) is 5.51. The highest BCUT2D eigenvalue weighted by Gasteiger charge is 2.25. The van der Waals surface area contributed by atoms with Crippen LogP contribution in [0.15, 0.2) is 35.2 Å². The molecule has 1 aromatic carbocycles. The minimum Gasteiger partial charge on any atom is -0.350 e. The van der Waals surface area contributed by atoms with Crippen LogP contribution in [0.1, 0.15) is 20.8 Å². The molecule has 0 aromatic heterocycles. The molecule has 1 fully saturated rings. The van der Waals surface area contributed by atoms with Crippen LogP contribution >= 0.6 is 11.8 Å². The van der Waals surface area contributed by atoms with Crippen molar-refractivity contribution in [1.82, 2.24) is 20.0 Å². The Labute approximate surface area is 177 Å². The average molecular weight is 421 g/mol. The highest BCUT2D eigenvalue weighted by Crippen LogP contribution is 2.17. The molecule has 3 amide bonds. The lowest BCUT2D eigenvalue weighted by Crippen LogP contribution is -2.54. The van der Waals surface area contributed by atoms with Gasteiger partial charge in [0.2, 0.25) is 17.7 Å². The number of hydrogen-bond acceptors (Lipinski definition) is 5. The number of carbonyl (C=O) groups is 3. The van der Waals surface area contributed by atoms with Gasteiger partial charge in [-0.3, -0.25) is 19.3 Å². The molecule has 1 saturated heterocycles. The summed E-state index contributed by atoms with van der Waals surface area (Å²) >= 11 is 1.47. The largest absolute Gasteiger partial charge is 0.350 e. The molecule has 7 nitrogen and oxygen atoms in total. The highest BCUT2D eigenvalue weighted by molar-refractivity contribution is 8.00. The lowest BCUT2D eigenvalue weighted by atomic mass is 10.1. The summed E-state index contributed by atoms with van der Waals surface area (Å²) in [6, 6.07) is 9.74. The molecule has 8 heteroatoms. The van der Waals surface area contributed by atoms with E-state index in [1.54, 1.807) is 11.9 Å². The van der Waals surface area contributed by atoms with E-state index in [1.807, 2.05) is 51.1 Å². The minimum atomic E-state index is -0.245. The number of rotatable bonds is 7. The minimum absolute atomic E-state index is 0.00137. The summed E-state index contributed by atoms with van der Waals surface area (Å²) in [5.74, 6) is 0.192. The summed E-state index contributed by atoms with van der Waals surface area (Å²) in [5.41, 5.74) is -0.245. The van der Waals surface area contributed by atoms with Crippen molar-refractivity contribution in [3.05, 3.63) is 30.3 Å². The van der Waals surface area contributed by atoms with E-state index in [0.29, 0.717) is 38.5 Å². The predicted octanol–water partition coefficient (Wildman–Crippen LogP) is 1.30. The first kappa shape index (κ1) is 23.2. The van der Waals surface area contributed by atoms with Gasteiger partial charge in [-0.2, -0.15) is 0 Å². The number of thioether (sulfide) groups is 1. The van der Waals surface area contributed by atoms with Crippen molar-refractivity contribution in [1.29, 1.82) is 0 Å². The normalized spacial score (nSPS) is 15.1. The van der Waals surface area contributed by atoms with Crippen LogP contribution in [0.25, 0.3) is 0 Å². The molecular weight excluding hydrogens is 388 g/mol. The fourth-order valence-corrected chi connectivity index (χ4v) is 3.84. The number of benzene rings is 1. The second-order valence-electron chi connectivity index (χ2n) is 8.31. The number of likely N-dealkylation sites (N-methyl/N-ethyl adjacent to an activating group) is 1. The molecule has 1 heterocycles. The molecule has 29 heavy (non-hydrogen) atoms. The van der Waals surface area contributed by atoms with E-state index in [1.165, 1.54) is 16.7 Å². The monoisotopic (exact) mass is 420 g/mol. The first-order chi connectivity index (χ1) is 13.6. The van der Waals surface area contributed by atoms with Crippen molar-refractivity contribution in [2.24, 2.45) is 0 Å². The zero-order valence-electron chi connectivity index (χ0n) is 17.8. The second kappa shape index (κ2) is 10.6. The van der Waals surface area contributed by atoms with Crippen LogP contribution in [0.2, 0.25) is 0 Å². The zero-order chi connectivity index (χ0) is 21.4. The van der Waals surface area contributed by atoms with Gasteiger partial charge in [-0.1, -0.05) is 18.2 Å². The van der Waals surface area contributed by atoms with Crippen LogP contribution in [0.3, 0.4) is 0 Å². The maximum atomic E-state index is 12.5. The third-order valence-electron chi connectivity index (χ3n) is 4.51. The van der Waals surface area contributed by atoms with Gasteiger partial charge in [-0.25, -0.2) is 0 Å². The quantitative estimate of drug-likeness (QED) is 0.673. The molecule has 0 atom stereocenters. The molecule has 1 aromatic rings. The summed E-state index contributed by atoms with van der Waals surface area (Å²) in [4.78, 5) is 43.2. The summed E-state index contributed by atoms with van der Waals surface area (Å²) in [6.07, 6.45) is 0. The third kappa shape index (κ3) is 8.45. The molecule has 1 N–H and O–H groups in total. The number of amides is 3. The van der Waals surface area contributed by atoms with Gasteiger partial charge in [0.1, 0.15) is 0 Å². The molecule has 1 aliphatic rings. The van der Waals surface area contributed by atoms with Crippen molar-refractivity contribution in [3.63, 3.8) is 0 Å². The molecule has 0 spiro atoms. The standard InChI is InChI=1S/C21H32N4O3S/c1-21(2,3)22-18(26)14-24-10-12-25(13-11-24)19(27)15-23(4)20(28)16-29-17-8-6-5-7-9-17/h5-9H,10-16H2,1-4H3,(H,22,26). The molecule has 0 saturated carbocycles. The number of hydrogen-bond donors (Lipinski definition) is 1. The number of carbonyl (C=O) groups excluding carboxylic acids is 3. The van der Waals surface area contributed by atoms with Gasteiger partial charge in [-0.15, -0.1) is 11.8 Å². The number of nitrogens with one attached hydrogen (secondary N) is 1. The van der Waals surface area contributed by atoms with E-state index in [9.17, 15) is 14.4 Å². The van der Waals surface area contributed by atoms with Crippen LogP contribution in [-0.2, 0) is 14.4 Å². The van der Waals surface area contributed by atoms with Gasteiger partial charge in [0.25, 0.3) is 0 Å². The van der Waals surface area contributed by atoms with Gasteiger partial charge in [-0.05, 0) is 32.9 Å². The van der Waals surface area contributed by atoms with Crippen molar-refractivity contribution >= 4 is 29.5 Å². The Hall–Kier alpha value is -2.06. The van der Waals surface area contributed by atoms with E-state index in [-0.39, 0.29) is 29.8 Å². The Kier molecular flexibility index (Phi) is 8.52. The van der Waals surface area contributed by atoms with Crippen molar-refractivity contribution in [2.45, 2.75) is 31.2 Å². The van der Waals surface area contributed by atoms with Gasteiger partial charge in [0.15, 0.2) is 0 Å². The molecule has 2 rings (SSSR count). The first-order valence-electron chi connectivity index (χ1n) is 9.87. The maximum Gasteiger partial charge on any atom is 0.242 e. The number of nitrogens with zero attached hydrogens (tertiary/aromatic N) is 3. The summed E-state index contributed by atoms with van der Waals surface area (Å²) in [5, 5.41) is 2.96. The van der Waals surface area contributed by atoms with E-state index >= 15 is 0 Å². The van der Waals surface area contributed by atoms with Crippen LogP contribution in [0, 0.1) is 0 Å². The van der Waals surface area contributed by atoms with Crippen molar-refractivity contribution in [2.75, 3.05) is 52.1 Å². The highest BCUT2D eigenvalue weighted by atomic mass is 32.2. The Balaban J connectivity index is 1.70. The summed E-state index contributed by atoms with van der Waals surface area (Å²) < 4.78 is 0. The Morgan fingerprint density at radius 3 is 2.28 bits per heavy atom.